The van der Waals surface area contributed by atoms with E-state index in [1.165, 1.54) is 38.5 Å². The third-order valence-corrected chi connectivity index (χ3v) is 4.59. The van der Waals surface area contributed by atoms with Gasteiger partial charge in [0.25, 0.3) is 0 Å². The van der Waals surface area contributed by atoms with Crippen LogP contribution < -0.4 is 0 Å². The summed E-state index contributed by atoms with van der Waals surface area (Å²) in [6.07, 6.45) is 10.6. The normalized spacial score (nSPS) is 30.2. The van der Waals surface area contributed by atoms with Crippen molar-refractivity contribution in [2.75, 3.05) is 0 Å². The first kappa shape index (κ1) is 11.5. The van der Waals surface area contributed by atoms with Crippen LogP contribution in [0.4, 0.5) is 0 Å². The summed E-state index contributed by atoms with van der Waals surface area (Å²) in [6, 6.07) is 4.71. The van der Waals surface area contributed by atoms with Crippen LogP contribution >= 0.6 is 0 Å². The molecule has 0 spiro atoms. The Morgan fingerprint density at radius 3 is 2.06 bits per heavy atom. The minimum atomic E-state index is -0.653. The lowest BCUT2D eigenvalue weighted by atomic mass is 9.60. The number of hydrogen-bond acceptors (Lipinski definition) is 2. The van der Waals surface area contributed by atoms with E-state index in [0.29, 0.717) is 11.8 Å². The summed E-state index contributed by atoms with van der Waals surface area (Å²) in [6.45, 7) is 0. The van der Waals surface area contributed by atoms with Crippen LogP contribution in [0.25, 0.3) is 0 Å². The molecule has 2 aliphatic carbocycles. The number of nitriles is 2. The van der Waals surface area contributed by atoms with Gasteiger partial charge in [-0.1, -0.05) is 44.9 Å². The molecule has 1 atom stereocenters. The maximum Gasteiger partial charge on any atom is 0.146 e. The summed E-state index contributed by atoms with van der Waals surface area (Å²) in [5.41, 5.74) is -0.653. The van der Waals surface area contributed by atoms with Crippen LogP contribution in [-0.4, -0.2) is 0 Å². The molecule has 2 fully saturated rings. The molecule has 2 rings (SSSR count). The van der Waals surface area contributed by atoms with Crippen LogP contribution in [0.5, 0.6) is 0 Å². The Labute approximate surface area is 98.3 Å². The molecular formula is C14H20N2. The van der Waals surface area contributed by atoms with Crippen LogP contribution in [0.1, 0.15) is 57.8 Å². The highest BCUT2D eigenvalue weighted by Crippen LogP contribution is 2.48. The van der Waals surface area contributed by atoms with Gasteiger partial charge in [-0.15, -0.1) is 0 Å². The molecule has 0 bridgehead atoms. The number of nitrogens with zero attached hydrogens (tertiary/aromatic N) is 2. The summed E-state index contributed by atoms with van der Waals surface area (Å²) in [5.74, 6) is 1.00. The highest BCUT2D eigenvalue weighted by molar-refractivity contribution is 5.18. The molecule has 0 heterocycles. The topological polar surface area (TPSA) is 47.6 Å². The molecule has 0 aromatic heterocycles. The molecule has 1 unspecified atom stereocenters. The van der Waals surface area contributed by atoms with Crippen molar-refractivity contribution in [3.05, 3.63) is 0 Å². The maximum atomic E-state index is 9.37. The molecule has 2 saturated carbocycles. The average Bonchev–Trinajstić information content (AvgIpc) is 2.39. The van der Waals surface area contributed by atoms with Crippen molar-refractivity contribution in [2.24, 2.45) is 17.3 Å². The zero-order chi connectivity index (χ0) is 11.4. The zero-order valence-electron chi connectivity index (χ0n) is 9.91. The van der Waals surface area contributed by atoms with E-state index in [0.717, 1.165) is 19.3 Å². The van der Waals surface area contributed by atoms with Gasteiger partial charge in [0.15, 0.2) is 0 Å². The predicted octanol–water partition coefficient (Wildman–Crippen LogP) is 3.79. The first-order valence-corrected chi connectivity index (χ1v) is 6.65. The molecule has 0 aromatic rings. The number of rotatable bonds is 1. The smallest absolute Gasteiger partial charge is 0.146 e. The van der Waals surface area contributed by atoms with E-state index in [9.17, 15) is 10.5 Å². The third-order valence-electron chi connectivity index (χ3n) is 4.59. The quantitative estimate of drug-likeness (QED) is 0.669. The Morgan fingerprint density at radius 2 is 1.44 bits per heavy atom. The predicted molar refractivity (Wildman–Crippen MR) is 62.2 cm³/mol. The molecule has 0 amide bonds. The van der Waals surface area contributed by atoms with Crippen LogP contribution in [-0.2, 0) is 0 Å². The van der Waals surface area contributed by atoms with E-state index in [1.807, 2.05) is 0 Å². The summed E-state index contributed by atoms with van der Waals surface area (Å²) < 4.78 is 0. The van der Waals surface area contributed by atoms with Gasteiger partial charge >= 0.3 is 0 Å². The molecule has 0 aliphatic heterocycles. The Kier molecular flexibility index (Phi) is 3.49. The average molecular weight is 216 g/mol. The second-order valence-corrected chi connectivity index (χ2v) is 5.45. The van der Waals surface area contributed by atoms with Gasteiger partial charge in [-0.3, -0.25) is 0 Å². The van der Waals surface area contributed by atoms with Crippen LogP contribution in [0.3, 0.4) is 0 Å². The Balaban J connectivity index is 2.16. The molecular weight excluding hydrogens is 196 g/mol. The second-order valence-electron chi connectivity index (χ2n) is 5.45. The van der Waals surface area contributed by atoms with E-state index in [2.05, 4.69) is 12.1 Å². The Hall–Kier alpha value is -1.02. The fraction of sp³-hybridized carbons (Fsp3) is 0.857. The zero-order valence-corrected chi connectivity index (χ0v) is 9.91. The molecule has 16 heavy (non-hydrogen) atoms. The molecule has 0 radical (unpaired) electrons. The van der Waals surface area contributed by atoms with Crippen molar-refractivity contribution < 1.29 is 0 Å². The van der Waals surface area contributed by atoms with Crippen LogP contribution in [0, 0.1) is 39.9 Å². The minimum absolute atomic E-state index is 0.358. The number of hydrogen-bond donors (Lipinski definition) is 0. The lowest BCUT2D eigenvalue weighted by Crippen LogP contribution is -2.37. The minimum Gasteiger partial charge on any atom is -0.197 e. The van der Waals surface area contributed by atoms with Crippen molar-refractivity contribution in [3.63, 3.8) is 0 Å². The molecule has 0 saturated heterocycles. The van der Waals surface area contributed by atoms with Gasteiger partial charge < -0.3 is 0 Å². The SMILES string of the molecule is N#CC1(C#N)CCCCC1C1CCCCC1. The van der Waals surface area contributed by atoms with Crippen molar-refractivity contribution in [1.29, 1.82) is 10.5 Å². The van der Waals surface area contributed by atoms with Gasteiger partial charge in [0.1, 0.15) is 5.41 Å². The van der Waals surface area contributed by atoms with Gasteiger partial charge in [0.05, 0.1) is 12.1 Å². The van der Waals surface area contributed by atoms with Crippen LogP contribution in [0.2, 0.25) is 0 Å². The Bertz CT molecular complexity index is 301. The van der Waals surface area contributed by atoms with E-state index in [1.54, 1.807) is 0 Å². The largest absolute Gasteiger partial charge is 0.197 e. The molecule has 0 N–H and O–H groups in total. The summed E-state index contributed by atoms with van der Waals surface area (Å²) in [5, 5.41) is 18.7. The molecule has 2 nitrogen and oxygen atoms in total. The van der Waals surface area contributed by atoms with Gasteiger partial charge in [-0.05, 0) is 24.7 Å². The Morgan fingerprint density at radius 1 is 0.812 bits per heavy atom. The molecule has 2 aliphatic rings. The highest BCUT2D eigenvalue weighted by Gasteiger charge is 2.45. The second kappa shape index (κ2) is 4.88. The first-order chi connectivity index (χ1) is 7.82. The van der Waals surface area contributed by atoms with E-state index < -0.39 is 5.41 Å². The highest BCUT2D eigenvalue weighted by atomic mass is 14.5. The van der Waals surface area contributed by atoms with Gasteiger partial charge in [-0.25, -0.2) is 0 Å². The summed E-state index contributed by atoms with van der Waals surface area (Å²) in [7, 11) is 0. The fourth-order valence-corrected chi connectivity index (χ4v) is 3.68. The first-order valence-electron chi connectivity index (χ1n) is 6.65. The van der Waals surface area contributed by atoms with E-state index in [4.69, 9.17) is 0 Å². The third kappa shape index (κ3) is 1.94. The molecule has 0 aromatic carbocycles. The molecule has 86 valence electrons. The van der Waals surface area contributed by atoms with Crippen molar-refractivity contribution in [1.82, 2.24) is 0 Å². The summed E-state index contributed by atoms with van der Waals surface area (Å²) >= 11 is 0. The molecule has 2 heteroatoms. The van der Waals surface area contributed by atoms with Crippen molar-refractivity contribution in [3.8, 4) is 12.1 Å². The van der Waals surface area contributed by atoms with Crippen molar-refractivity contribution >= 4 is 0 Å². The van der Waals surface area contributed by atoms with Crippen molar-refractivity contribution in [2.45, 2.75) is 57.8 Å². The summed E-state index contributed by atoms with van der Waals surface area (Å²) in [4.78, 5) is 0. The van der Waals surface area contributed by atoms with Gasteiger partial charge in [-0.2, -0.15) is 10.5 Å². The lowest BCUT2D eigenvalue weighted by molar-refractivity contribution is 0.117. The van der Waals surface area contributed by atoms with Gasteiger partial charge in [0, 0.05) is 0 Å². The lowest BCUT2D eigenvalue weighted by Gasteiger charge is -2.40. The van der Waals surface area contributed by atoms with E-state index in [-0.39, 0.29) is 0 Å². The van der Waals surface area contributed by atoms with E-state index >= 15 is 0 Å². The monoisotopic (exact) mass is 216 g/mol. The standard InChI is InChI=1S/C14H20N2/c15-10-14(11-16)9-5-4-8-13(14)12-6-2-1-3-7-12/h12-13H,1-9H2. The fourth-order valence-electron chi connectivity index (χ4n) is 3.68. The van der Waals surface area contributed by atoms with Crippen LogP contribution in [0.15, 0.2) is 0 Å². The maximum absolute atomic E-state index is 9.37. The van der Waals surface area contributed by atoms with Gasteiger partial charge in [0.2, 0.25) is 0 Å².